The number of benzene rings is 4. The van der Waals surface area contributed by atoms with Crippen LogP contribution in [0.5, 0.6) is 0 Å². The molecule has 2 N–H and O–H groups in total. The van der Waals surface area contributed by atoms with Gasteiger partial charge in [-0.2, -0.15) is 0 Å². The third-order valence-electron chi connectivity index (χ3n) is 8.37. The lowest BCUT2D eigenvalue weighted by Gasteiger charge is -2.25. The normalized spacial score (nSPS) is 17.2. The second-order valence-corrected chi connectivity index (χ2v) is 13.5. The molecule has 0 saturated carbocycles. The Kier molecular flexibility index (Phi) is 6.18. The molecule has 42 heavy (non-hydrogen) atoms. The van der Waals surface area contributed by atoms with Gasteiger partial charge in [0.05, 0.1) is 18.4 Å². The Balaban J connectivity index is 1.32. The lowest BCUT2D eigenvalue weighted by Crippen LogP contribution is -2.13. The molecule has 0 bridgehead atoms. The van der Waals surface area contributed by atoms with Crippen molar-refractivity contribution in [3.8, 4) is 11.1 Å². The van der Waals surface area contributed by atoms with E-state index in [1.807, 2.05) is 35.4 Å². The van der Waals surface area contributed by atoms with Gasteiger partial charge in [-0.05, 0) is 43.0 Å². The quantitative estimate of drug-likeness (QED) is 0.211. The van der Waals surface area contributed by atoms with Gasteiger partial charge in [-0.15, -0.1) is 22.7 Å². The third-order valence-corrected chi connectivity index (χ3v) is 11.1. The molecule has 8 rings (SSSR count). The summed E-state index contributed by atoms with van der Waals surface area (Å²) in [5.41, 5.74) is 9.36. The summed E-state index contributed by atoms with van der Waals surface area (Å²) in [6, 6.07) is 27.7. The van der Waals surface area contributed by atoms with Gasteiger partial charge in [0.15, 0.2) is 0 Å². The molecule has 7 heteroatoms. The van der Waals surface area contributed by atoms with Gasteiger partial charge in [0, 0.05) is 68.6 Å². The lowest BCUT2D eigenvalue weighted by atomic mass is 9.89. The van der Waals surface area contributed by atoms with Crippen LogP contribution in [0.15, 0.2) is 88.8 Å². The first kappa shape index (κ1) is 25.7. The Hall–Kier alpha value is -3.97. The van der Waals surface area contributed by atoms with Crippen molar-refractivity contribution in [2.75, 3.05) is 10.6 Å². The number of thiophene rings is 2. The molecule has 2 aromatic heterocycles. The Bertz CT molecular complexity index is 2090. The molecule has 0 saturated heterocycles. The highest BCUT2D eigenvalue weighted by atomic mass is 35.5. The fourth-order valence-corrected chi connectivity index (χ4v) is 9.14. The number of fused-ring (bicyclic) bond motifs is 4. The van der Waals surface area contributed by atoms with Crippen molar-refractivity contribution < 1.29 is 0 Å². The summed E-state index contributed by atoms with van der Waals surface area (Å²) in [6.07, 6.45) is 4.67. The minimum absolute atomic E-state index is 0.0665. The Labute approximate surface area is 257 Å². The lowest BCUT2D eigenvalue weighted by molar-refractivity contribution is 0.867. The van der Waals surface area contributed by atoms with Crippen LogP contribution in [0.4, 0.5) is 11.4 Å². The van der Waals surface area contributed by atoms with E-state index >= 15 is 0 Å². The molecular weight excluding hydrogens is 576 g/mol. The van der Waals surface area contributed by atoms with E-state index in [1.54, 1.807) is 0 Å². The number of aryl methyl sites for hydroxylation is 2. The van der Waals surface area contributed by atoms with Crippen LogP contribution in [0.1, 0.15) is 51.0 Å². The van der Waals surface area contributed by atoms with E-state index in [0.29, 0.717) is 0 Å². The van der Waals surface area contributed by atoms with Crippen molar-refractivity contribution in [1.82, 2.24) is 0 Å². The van der Waals surface area contributed by atoms with Gasteiger partial charge < -0.3 is 10.6 Å². The summed E-state index contributed by atoms with van der Waals surface area (Å²) in [5.74, 6) is 0. The first-order chi connectivity index (χ1) is 20.6. The minimum Gasteiger partial charge on any atom is -0.346 e. The van der Waals surface area contributed by atoms with Crippen LogP contribution in [0, 0.1) is 6.92 Å². The fraction of sp³-hybridized carbons (Fsp3) is 0.143. The number of para-hydroxylation sites is 2. The van der Waals surface area contributed by atoms with Crippen LogP contribution in [0.25, 0.3) is 31.3 Å². The molecule has 6 aromatic rings. The van der Waals surface area contributed by atoms with Gasteiger partial charge in [-0.1, -0.05) is 73.1 Å². The van der Waals surface area contributed by atoms with Gasteiger partial charge in [0.1, 0.15) is 12.1 Å². The molecule has 2 aliphatic heterocycles. The number of anilines is 2. The minimum atomic E-state index is -0.0822. The molecule has 0 aliphatic carbocycles. The van der Waals surface area contributed by atoms with Gasteiger partial charge in [0.2, 0.25) is 0 Å². The van der Waals surface area contributed by atoms with E-state index in [0.717, 1.165) is 39.3 Å². The van der Waals surface area contributed by atoms with E-state index in [9.17, 15) is 0 Å². The molecule has 2 unspecified atom stereocenters. The van der Waals surface area contributed by atoms with Crippen LogP contribution in [-0.2, 0) is 6.42 Å². The van der Waals surface area contributed by atoms with Crippen LogP contribution in [-0.4, -0.2) is 12.7 Å². The van der Waals surface area contributed by atoms with E-state index in [1.165, 1.54) is 46.8 Å². The number of aliphatic imine (C=N–C) groups is 2. The molecule has 4 heterocycles. The van der Waals surface area contributed by atoms with Gasteiger partial charge >= 0.3 is 0 Å². The van der Waals surface area contributed by atoms with Crippen molar-refractivity contribution in [1.29, 1.82) is 0 Å². The summed E-state index contributed by atoms with van der Waals surface area (Å²) < 4.78 is 2.54. The molecule has 4 aromatic carbocycles. The van der Waals surface area contributed by atoms with E-state index < -0.39 is 0 Å². The summed E-state index contributed by atoms with van der Waals surface area (Å²) in [7, 11) is 0. The highest BCUT2D eigenvalue weighted by molar-refractivity contribution is 7.20. The van der Waals surface area contributed by atoms with E-state index in [2.05, 4.69) is 103 Å². The van der Waals surface area contributed by atoms with Crippen molar-refractivity contribution in [2.45, 2.75) is 32.4 Å². The first-order valence-electron chi connectivity index (χ1n) is 14.1. The first-order valence-corrected chi connectivity index (χ1v) is 16.1. The van der Waals surface area contributed by atoms with Crippen LogP contribution < -0.4 is 10.6 Å². The van der Waals surface area contributed by atoms with Gasteiger partial charge in [-0.3, -0.25) is 9.98 Å². The maximum absolute atomic E-state index is 6.90. The molecule has 0 fully saturated rings. The summed E-state index contributed by atoms with van der Waals surface area (Å²) in [4.78, 5) is 12.6. The van der Waals surface area contributed by atoms with Gasteiger partial charge in [0.25, 0.3) is 0 Å². The van der Waals surface area contributed by atoms with Crippen LogP contribution in [0.2, 0.25) is 5.02 Å². The highest BCUT2D eigenvalue weighted by Crippen LogP contribution is 2.50. The Morgan fingerprint density at radius 1 is 0.762 bits per heavy atom. The molecule has 4 nitrogen and oxygen atoms in total. The van der Waals surface area contributed by atoms with E-state index in [-0.39, 0.29) is 12.1 Å². The predicted molar refractivity (Wildman–Crippen MR) is 183 cm³/mol. The predicted octanol–water partition coefficient (Wildman–Crippen LogP) is 10.4. The van der Waals surface area contributed by atoms with E-state index in [4.69, 9.17) is 21.6 Å². The number of nitrogens with zero attached hydrogens (tertiary/aromatic N) is 2. The fourth-order valence-electron chi connectivity index (χ4n) is 6.55. The van der Waals surface area contributed by atoms with Crippen molar-refractivity contribution in [3.63, 3.8) is 0 Å². The zero-order valence-corrected chi connectivity index (χ0v) is 25.5. The maximum atomic E-state index is 6.90. The molecular formula is C35H27ClN4S2. The third kappa shape index (κ3) is 3.93. The zero-order valence-electron chi connectivity index (χ0n) is 23.1. The maximum Gasteiger partial charge on any atom is 0.105 e. The SMILES string of the molecule is CCc1sc2ccccc2c1C1N=CNc2c(-c3cc(Cl)cc4c(C5N=CNc6ccccc65)c(C)sc34)cccc21. The largest absolute Gasteiger partial charge is 0.346 e. The van der Waals surface area contributed by atoms with Crippen LogP contribution >= 0.6 is 34.3 Å². The standard InChI is InChI=1S/C35H27ClN4S2/c1-3-28-31(23-10-5-7-14-29(23)42-28)34-24-12-8-11-21(32(24)38-18-40-34)25-15-20(36)16-26-30(19(2)41-35(25)26)33-22-9-4-6-13-27(22)37-17-39-33/h4-18,33-34H,3H2,1-2H3,(H,37,39)(H,38,40). The molecule has 0 radical (unpaired) electrons. The van der Waals surface area contributed by atoms with Crippen molar-refractivity contribution in [2.24, 2.45) is 9.98 Å². The number of hydrogen-bond acceptors (Lipinski definition) is 6. The highest BCUT2D eigenvalue weighted by Gasteiger charge is 2.29. The van der Waals surface area contributed by atoms with Crippen molar-refractivity contribution >= 4 is 78.5 Å². The summed E-state index contributed by atoms with van der Waals surface area (Å²) >= 11 is 10.6. The topological polar surface area (TPSA) is 48.8 Å². The summed E-state index contributed by atoms with van der Waals surface area (Å²) in [6.45, 7) is 4.44. The zero-order chi connectivity index (χ0) is 28.4. The molecule has 2 aliphatic rings. The number of hydrogen-bond donors (Lipinski definition) is 2. The summed E-state index contributed by atoms with van der Waals surface area (Å²) in [5, 5.41) is 10.0. The second-order valence-electron chi connectivity index (χ2n) is 10.7. The van der Waals surface area contributed by atoms with Gasteiger partial charge in [-0.25, -0.2) is 0 Å². The molecule has 206 valence electrons. The smallest absolute Gasteiger partial charge is 0.105 e. The molecule has 2 atom stereocenters. The number of nitrogens with one attached hydrogen (secondary N) is 2. The van der Waals surface area contributed by atoms with Crippen molar-refractivity contribution in [3.05, 3.63) is 116 Å². The average Bonchev–Trinajstić information content (AvgIpc) is 3.56. The second kappa shape index (κ2) is 10.1. The van der Waals surface area contributed by atoms with Crippen LogP contribution in [0.3, 0.4) is 0 Å². The number of rotatable bonds is 4. The average molecular weight is 603 g/mol. The molecule has 0 amide bonds. The Morgan fingerprint density at radius 3 is 2.40 bits per heavy atom. The monoisotopic (exact) mass is 602 g/mol. The number of halogens is 1. The molecule has 0 spiro atoms. The Morgan fingerprint density at radius 2 is 1.52 bits per heavy atom.